The number of para-hydroxylation sites is 2. The van der Waals surface area contributed by atoms with Crippen LogP contribution in [0.3, 0.4) is 0 Å². The number of hydrogen-bond acceptors (Lipinski definition) is 8. The highest BCUT2D eigenvalue weighted by atomic mass is 32.2. The Morgan fingerprint density at radius 3 is 2.79 bits per heavy atom. The average Bonchev–Trinajstić information content (AvgIpc) is 3.45. The Morgan fingerprint density at radius 2 is 2.00 bits per heavy atom. The van der Waals surface area contributed by atoms with Gasteiger partial charge in [-0.15, -0.1) is 0 Å². The van der Waals surface area contributed by atoms with Crippen LogP contribution in [0.25, 0.3) is 17.2 Å². The summed E-state index contributed by atoms with van der Waals surface area (Å²) in [5.41, 5.74) is 1.48. The minimum Gasteiger partial charge on any atom is -0.452 e. The van der Waals surface area contributed by atoms with Crippen LogP contribution in [0.15, 0.2) is 68.9 Å². The third-order valence-electron chi connectivity index (χ3n) is 4.57. The molecule has 3 aromatic rings. The van der Waals surface area contributed by atoms with Crippen LogP contribution in [0.2, 0.25) is 0 Å². The molecule has 11 heteroatoms. The third-order valence-corrected chi connectivity index (χ3v) is 5.95. The molecule has 0 radical (unpaired) electrons. The maximum absolute atomic E-state index is 12.5. The molecule has 2 N–H and O–H groups in total. The van der Waals surface area contributed by atoms with Crippen molar-refractivity contribution in [2.24, 2.45) is 4.99 Å². The summed E-state index contributed by atoms with van der Waals surface area (Å²) in [5.74, 6) is -0.735. The normalized spacial score (nSPS) is 13.8. The average molecular weight is 468 g/mol. The number of esters is 1. The lowest BCUT2D eigenvalue weighted by atomic mass is 10.3. The van der Waals surface area contributed by atoms with Crippen LogP contribution in [0.1, 0.15) is 18.7 Å². The van der Waals surface area contributed by atoms with Crippen LogP contribution in [0.5, 0.6) is 0 Å². The first-order valence-corrected chi connectivity index (χ1v) is 11.5. The van der Waals surface area contributed by atoms with E-state index < -0.39 is 28.5 Å². The summed E-state index contributed by atoms with van der Waals surface area (Å²) in [7, 11) is -3.81. The summed E-state index contributed by atoms with van der Waals surface area (Å²) in [6, 6.07) is 12.9. The first-order chi connectivity index (χ1) is 15.9. The monoisotopic (exact) mass is 468 g/mol. The predicted molar refractivity (Wildman–Crippen MR) is 121 cm³/mol. The fraction of sp³-hybridized carbons (Fsp3) is 0.182. The van der Waals surface area contributed by atoms with Crippen LogP contribution in [-0.2, 0) is 24.3 Å². The molecule has 0 saturated carbocycles. The van der Waals surface area contributed by atoms with E-state index in [9.17, 15) is 18.0 Å². The number of aromatic nitrogens is 1. The third kappa shape index (κ3) is 5.83. The van der Waals surface area contributed by atoms with Gasteiger partial charge in [-0.1, -0.05) is 18.2 Å². The molecule has 0 fully saturated rings. The van der Waals surface area contributed by atoms with Gasteiger partial charge >= 0.3 is 5.97 Å². The number of amidine groups is 1. The molecule has 1 aliphatic heterocycles. The number of ether oxygens (including phenoxy) is 1. The number of nitrogens with zero attached hydrogens (tertiary/aromatic N) is 2. The van der Waals surface area contributed by atoms with E-state index in [0.717, 1.165) is 12.5 Å². The van der Waals surface area contributed by atoms with Crippen LogP contribution in [-0.4, -0.2) is 44.3 Å². The molecule has 0 saturated heterocycles. The number of carbonyl (C=O) groups is 2. The molecule has 0 spiro atoms. The molecular formula is C22H20N4O6S. The molecular weight excluding hydrogens is 448 g/mol. The summed E-state index contributed by atoms with van der Waals surface area (Å²) in [5, 5.41) is 2.50. The lowest BCUT2D eigenvalue weighted by Gasteiger charge is -2.10. The van der Waals surface area contributed by atoms with Gasteiger partial charge in [0.25, 0.3) is 15.9 Å². The van der Waals surface area contributed by atoms with E-state index in [1.165, 1.54) is 30.3 Å². The van der Waals surface area contributed by atoms with E-state index in [-0.39, 0.29) is 16.5 Å². The Morgan fingerprint density at radius 1 is 1.15 bits per heavy atom. The Hall–Kier alpha value is -3.99. The predicted octanol–water partition coefficient (Wildman–Crippen LogP) is 2.49. The molecule has 0 bridgehead atoms. The number of anilines is 1. The molecule has 0 aliphatic carbocycles. The Kier molecular flexibility index (Phi) is 6.50. The minimum absolute atomic E-state index is 0.0202. The van der Waals surface area contributed by atoms with Gasteiger partial charge in [0.2, 0.25) is 5.89 Å². The van der Waals surface area contributed by atoms with Crippen molar-refractivity contribution >= 4 is 50.6 Å². The Bertz CT molecular complexity index is 1330. The van der Waals surface area contributed by atoms with E-state index in [1.54, 1.807) is 18.2 Å². The van der Waals surface area contributed by atoms with Crippen LogP contribution >= 0.6 is 0 Å². The number of oxazole rings is 1. The van der Waals surface area contributed by atoms with Gasteiger partial charge < -0.3 is 14.5 Å². The number of fused-ring (bicyclic) bond motifs is 1. The zero-order chi connectivity index (χ0) is 23.3. The summed E-state index contributed by atoms with van der Waals surface area (Å²) >= 11 is 0. The van der Waals surface area contributed by atoms with Gasteiger partial charge in [0.1, 0.15) is 11.4 Å². The van der Waals surface area contributed by atoms with Gasteiger partial charge in [-0.05, 0) is 36.8 Å². The molecule has 1 amide bonds. The topological polar surface area (TPSA) is 140 Å². The number of benzene rings is 2. The number of nitrogens with one attached hydrogen (secondary N) is 2. The van der Waals surface area contributed by atoms with Crippen molar-refractivity contribution in [3.8, 4) is 0 Å². The maximum atomic E-state index is 12.5. The highest BCUT2D eigenvalue weighted by molar-refractivity contribution is 7.90. The number of carbonyl (C=O) groups excluding carboxylic acids is 2. The summed E-state index contributed by atoms with van der Waals surface area (Å²) in [4.78, 5) is 32.3. The Labute approximate surface area is 189 Å². The fourth-order valence-corrected chi connectivity index (χ4v) is 4.19. The fourth-order valence-electron chi connectivity index (χ4n) is 3.06. The summed E-state index contributed by atoms with van der Waals surface area (Å²) < 4.78 is 37.8. The molecule has 0 unspecified atom stereocenters. The quantitative estimate of drug-likeness (QED) is 0.401. The second-order valence-corrected chi connectivity index (χ2v) is 8.76. The number of hydrogen-bond donors (Lipinski definition) is 2. The Balaban J connectivity index is 1.30. The van der Waals surface area contributed by atoms with Crippen molar-refractivity contribution in [1.82, 2.24) is 9.71 Å². The molecule has 170 valence electrons. The van der Waals surface area contributed by atoms with Gasteiger partial charge in [-0.2, -0.15) is 0 Å². The van der Waals surface area contributed by atoms with Gasteiger partial charge in [0.15, 0.2) is 12.2 Å². The number of rotatable bonds is 7. The van der Waals surface area contributed by atoms with Crippen molar-refractivity contribution in [3.63, 3.8) is 0 Å². The standard InChI is InChI=1S/C22H20N4O6S/c27-20(14-31-22(28)11-10-21-25-17-7-1-2-8-18(17)32-21)24-15-5-3-6-16(13-15)33(29,30)26-19-9-4-12-23-19/h1-3,5-8,10-11,13H,4,9,12,14H2,(H,23,26)(H,24,27)/b11-10+. The van der Waals surface area contributed by atoms with Crippen molar-refractivity contribution in [3.05, 3.63) is 60.5 Å². The van der Waals surface area contributed by atoms with Gasteiger partial charge in [0, 0.05) is 30.8 Å². The largest absolute Gasteiger partial charge is 0.452 e. The SMILES string of the molecule is O=C(COC(=O)/C=C/c1nc2ccccc2o1)Nc1cccc(S(=O)(=O)NC2=NCCC2)c1. The lowest BCUT2D eigenvalue weighted by molar-refractivity contribution is -0.142. The van der Waals surface area contributed by atoms with Gasteiger partial charge in [-0.25, -0.2) is 18.2 Å². The van der Waals surface area contributed by atoms with Gasteiger partial charge in [-0.3, -0.25) is 14.5 Å². The van der Waals surface area contributed by atoms with Crippen molar-refractivity contribution in [1.29, 1.82) is 0 Å². The lowest BCUT2D eigenvalue weighted by Crippen LogP contribution is -2.29. The number of amides is 1. The highest BCUT2D eigenvalue weighted by Gasteiger charge is 2.19. The molecule has 33 heavy (non-hydrogen) atoms. The van der Waals surface area contributed by atoms with Crippen molar-refractivity contribution < 1.29 is 27.2 Å². The zero-order valence-electron chi connectivity index (χ0n) is 17.4. The summed E-state index contributed by atoms with van der Waals surface area (Å²) in [6.45, 7) is 0.0411. The second kappa shape index (κ2) is 9.65. The second-order valence-electron chi connectivity index (χ2n) is 7.07. The van der Waals surface area contributed by atoms with Crippen LogP contribution < -0.4 is 10.0 Å². The minimum atomic E-state index is -3.81. The molecule has 1 aromatic heterocycles. The molecule has 10 nitrogen and oxygen atoms in total. The first-order valence-electron chi connectivity index (χ1n) is 10.1. The molecule has 4 rings (SSSR count). The van der Waals surface area contributed by atoms with E-state index in [1.807, 2.05) is 6.07 Å². The molecule has 1 aliphatic rings. The number of aliphatic imine (C=N–C) groups is 1. The summed E-state index contributed by atoms with van der Waals surface area (Å²) in [6.07, 6.45) is 3.82. The first kappa shape index (κ1) is 22.2. The molecule has 2 aromatic carbocycles. The van der Waals surface area contributed by atoms with Gasteiger partial charge in [0.05, 0.1) is 4.90 Å². The maximum Gasteiger partial charge on any atom is 0.331 e. The molecule has 0 atom stereocenters. The van der Waals surface area contributed by atoms with Crippen molar-refractivity contribution in [2.75, 3.05) is 18.5 Å². The smallest absolute Gasteiger partial charge is 0.331 e. The highest BCUT2D eigenvalue weighted by Crippen LogP contribution is 2.17. The van der Waals surface area contributed by atoms with E-state index in [2.05, 4.69) is 20.0 Å². The van der Waals surface area contributed by atoms with E-state index in [4.69, 9.17) is 9.15 Å². The van der Waals surface area contributed by atoms with Crippen LogP contribution in [0.4, 0.5) is 5.69 Å². The van der Waals surface area contributed by atoms with E-state index in [0.29, 0.717) is 29.9 Å². The number of sulfonamides is 1. The zero-order valence-corrected chi connectivity index (χ0v) is 18.2. The molecule has 2 heterocycles. The van der Waals surface area contributed by atoms with Crippen molar-refractivity contribution in [2.45, 2.75) is 17.7 Å². The van der Waals surface area contributed by atoms with Crippen LogP contribution in [0, 0.1) is 0 Å². The van der Waals surface area contributed by atoms with E-state index >= 15 is 0 Å².